The van der Waals surface area contributed by atoms with E-state index in [1.165, 1.54) is 17.7 Å². The van der Waals surface area contributed by atoms with Crippen molar-refractivity contribution in [1.82, 2.24) is 9.13 Å². The van der Waals surface area contributed by atoms with E-state index in [-0.39, 0.29) is 11.2 Å². The summed E-state index contributed by atoms with van der Waals surface area (Å²) in [5.74, 6) is 0.340. The molecule has 92 valence electrons. The van der Waals surface area contributed by atoms with Crippen LogP contribution in [0.25, 0.3) is 0 Å². The highest BCUT2D eigenvalue weighted by Gasteiger charge is 2.03. The Balaban J connectivity index is 2.45. The van der Waals surface area contributed by atoms with Crippen LogP contribution in [0.5, 0.6) is 0 Å². The number of aliphatic imine (C=N–C) groups is 1. The molecular formula is C13H13N3O2. The van der Waals surface area contributed by atoms with Crippen LogP contribution in [-0.2, 0) is 14.1 Å². The van der Waals surface area contributed by atoms with Crippen molar-refractivity contribution in [2.24, 2.45) is 19.1 Å². The molecule has 0 fully saturated rings. The first-order chi connectivity index (χ1) is 8.59. The van der Waals surface area contributed by atoms with Crippen LogP contribution in [0.3, 0.4) is 0 Å². The van der Waals surface area contributed by atoms with Crippen molar-refractivity contribution in [2.45, 2.75) is 0 Å². The van der Waals surface area contributed by atoms with Crippen molar-refractivity contribution in [3.8, 4) is 0 Å². The average molecular weight is 243 g/mol. The SMILES string of the molecule is Cn1c(/N=C/c2ccccc2)cc(=O)n(C)c1=O. The average Bonchev–Trinajstić information content (AvgIpc) is 2.40. The fraction of sp³-hybridized carbons (Fsp3) is 0.154. The third-order valence-electron chi connectivity index (χ3n) is 2.65. The van der Waals surface area contributed by atoms with E-state index in [0.29, 0.717) is 5.82 Å². The minimum atomic E-state index is -0.386. The van der Waals surface area contributed by atoms with Crippen molar-refractivity contribution in [3.05, 3.63) is 62.8 Å². The Morgan fingerprint density at radius 1 is 1.06 bits per heavy atom. The van der Waals surface area contributed by atoms with Crippen LogP contribution in [0.1, 0.15) is 5.56 Å². The van der Waals surface area contributed by atoms with E-state index in [2.05, 4.69) is 4.99 Å². The van der Waals surface area contributed by atoms with Crippen LogP contribution in [0.2, 0.25) is 0 Å². The van der Waals surface area contributed by atoms with Gasteiger partial charge in [0.2, 0.25) is 0 Å². The zero-order valence-electron chi connectivity index (χ0n) is 10.2. The van der Waals surface area contributed by atoms with Crippen LogP contribution >= 0.6 is 0 Å². The quantitative estimate of drug-likeness (QED) is 0.734. The normalized spacial score (nSPS) is 11.0. The maximum atomic E-state index is 11.7. The lowest BCUT2D eigenvalue weighted by Crippen LogP contribution is -2.35. The van der Waals surface area contributed by atoms with Crippen molar-refractivity contribution in [1.29, 1.82) is 0 Å². The molecule has 0 saturated carbocycles. The van der Waals surface area contributed by atoms with E-state index >= 15 is 0 Å². The number of hydrogen-bond donors (Lipinski definition) is 0. The third-order valence-corrected chi connectivity index (χ3v) is 2.65. The highest BCUT2D eigenvalue weighted by Crippen LogP contribution is 2.04. The molecule has 0 aliphatic heterocycles. The molecule has 0 aliphatic rings. The van der Waals surface area contributed by atoms with Gasteiger partial charge in [-0.25, -0.2) is 9.79 Å². The van der Waals surface area contributed by atoms with Gasteiger partial charge in [0.05, 0.1) is 0 Å². The number of hydrogen-bond acceptors (Lipinski definition) is 3. The molecule has 0 saturated heterocycles. The van der Waals surface area contributed by atoms with Crippen molar-refractivity contribution in [2.75, 3.05) is 0 Å². The molecule has 0 N–H and O–H groups in total. The monoisotopic (exact) mass is 243 g/mol. The fourth-order valence-electron chi connectivity index (χ4n) is 1.52. The molecule has 1 heterocycles. The van der Waals surface area contributed by atoms with Crippen LogP contribution in [0.15, 0.2) is 51.0 Å². The fourth-order valence-corrected chi connectivity index (χ4v) is 1.52. The number of nitrogens with zero attached hydrogens (tertiary/aromatic N) is 3. The molecule has 5 nitrogen and oxygen atoms in total. The number of aromatic nitrogens is 2. The van der Waals surface area contributed by atoms with E-state index < -0.39 is 0 Å². The Morgan fingerprint density at radius 3 is 2.39 bits per heavy atom. The molecule has 0 spiro atoms. The Hall–Kier alpha value is -2.43. The summed E-state index contributed by atoms with van der Waals surface area (Å²) in [6, 6.07) is 10.8. The summed E-state index contributed by atoms with van der Waals surface area (Å²) >= 11 is 0. The predicted octanol–water partition coefficient (Wildman–Crippen LogP) is 0.835. The van der Waals surface area contributed by atoms with Crippen molar-refractivity contribution in [3.63, 3.8) is 0 Å². The summed E-state index contributed by atoms with van der Waals surface area (Å²) < 4.78 is 2.38. The first-order valence-corrected chi connectivity index (χ1v) is 5.46. The van der Waals surface area contributed by atoms with Gasteiger partial charge in [-0.3, -0.25) is 13.9 Å². The van der Waals surface area contributed by atoms with Crippen molar-refractivity contribution < 1.29 is 0 Å². The van der Waals surface area contributed by atoms with Gasteiger partial charge >= 0.3 is 5.69 Å². The van der Waals surface area contributed by atoms with Crippen LogP contribution in [0.4, 0.5) is 5.82 Å². The summed E-state index contributed by atoms with van der Waals surface area (Å²) in [7, 11) is 3.02. The molecule has 2 rings (SSSR count). The maximum Gasteiger partial charge on any atom is 0.332 e. The van der Waals surface area contributed by atoms with E-state index in [1.807, 2.05) is 30.3 Å². The molecule has 18 heavy (non-hydrogen) atoms. The Morgan fingerprint density at radius 2 is 1.72 bits per heavy atom. The molecule has 0 bridgehead atoms. The van der Waals surface area contributed by atoms with Gasteiger partial charge in [-0.05, 0) is 5.56 Å². The van der Waals surface area contributed by atoms with Crippen molar-refractivity contribution >= 4 is 12.0 Å². The van der Waals surface area contributed by atoms with Gasteiger partial charge in [0.1, 0.15) is 5.82 Å². The molecule has 0 atom stereocenters. The largest absolute Gasteiger partial charge is 0.332 e. The van der Waals surface area contributed by atoms with E-state index in [9.17, 15) is 9.59 Å². The minimum Gasteiger partial charge on any atom is -0.281 e. The van der Waals surface area contributed by atoms with Gasteiger partial charge < -0.3 is 0 Å². The first kappa shape index (κ1) is 12.0. The molecule has 1 aromatic carbocycles. The number of benzene rings is 1. The molecule has 0 radical (unpaired) electrons. The van der Waals surface area contributed by atoms with Crippen LogP contribution in [-0.4, -0.2) is 15.3 Å². The minimum absolute atomic E-state index is 0.340. The molecule has 5 heteroatoms. The Kier molecular flexibility index (Phi) is 3.23. The lowest BCUT2D eigenvalue weighted by Gasteiger charge is -2.04. The Labute approximate surface area is 104 Å². The summed E-state index contributed by atoms with van der Waals surface area (Å²) in [5, 5.41) is 0. The topological polar surface area (TPSA) is 56.4 Å². The van der Waals surface area contributed by atoms with E-state index in [0.717, 1.165) is 10.1 Å². The first-order valence-electron chi connectivity index (χ1n) is 5.46. The molecule has 1 aromatic heterocycles. The van der Waals surface area contributed by atoms with Crippen LogP contribution in [0, 0.1) is 0 Å². The highest BCUT2D eigenvalue weighted by atomic mass is 16.2. The second kappa shape index (κ2) is 4.83. The Bertz CT molecular complexity index is 696. The number of rotatable bonds is 2. The lowest BCUT2D eigenvalue weighted by atomic mass is 10.2. The maximum absolute atomic E-state index is 11.7. The molecule has 0 amide bonds. The third kappa shape index (κ3) is 2.29. The zero-order chi connectivity index (χ0) is 13.1. The lowest BCUT2D eigenvalue weighted by molar-refractivity contribution is 0.689. The van der Waals surface area contributed by atoms with Gasteiger partial charge in [0, 0.05) is 26.4 Å². The predicted molar refractivity (Wildman–Crippen MR) is 70.6 cm³/mol. The molecule has 0 unspecified atom stereocenters. The molecule has 0 aliphatic carbocycles. The summed E-state index contributed by atoms with van der Waals surface area (Å²) in [5.41, 5.74) is 0.159. The zero-order valence-corrected chi connectivity index (χ0v) is 10.2. The van der Waals surface area contributed by atoms with E-state index in [4.69, 9.17) is 0 Å². The van der Waals surface area contributed by atoms with E-state index in [1.54, 1.807) is 13.3 Å². The summed E-state index contributed by atoms with van der Waals surface area (Å²) in [6.07, 6.45) is 1.62. The van der Waals surface area contributed by atoms with Gasteiger partial charge in [0.25, 0.3) is 5.56 Å². The van der Waals surface area contributed by atoms with Crippen LogP contribution < -0.4 is 11.2 Å². The van der Waals surface area contributed by atoms with Gasteiger partial charge in [-0.15, -0.1) is 0 Å². The van der Waals surface area contributed by atoms with Gasteiger partial charge in [-0.1, -0.05) is 30.3 Å². The summed E-state index contributed by atoms with van der Waals surface area (Å²) in [4.78, 5) is 27.3. The standard InChI is InChI=1S/C13H13N3O2/c1-15-11(8-12(17)16(2)13(15)18)14-9-10-6-4-3-5-7-10/h3-9H,1-2H3/b14-9+. The summed E-state index contributed by atoms with van der Waals surface area (Å²) in [6.45, 7) is 0. The van der Waals surface area contributed by atoms with Gasteiger partial charge in [-0.2, -0.15) is 0 Å². The van der Waals surface area contributed by atoms with Gasteiger partial charge in [0.15, 0.2) is 0 Å². The molecule has 2 aromatic rings. The second-order valence-electron chi connectivity index (χ2n) is 3.91. The molecular weight excluding hydrogens is 230 g/mol. The highest BCUT2D eigenvalue weighted by molar-refractivity contribution is 5.81. The second-order valence-corrected chi connectivity index (χ2v) is 3.91. The smallest absolute Gasteiger partial charge is 0.281 e.